The second-order valence-electron chi connectivity index (χ2n) is 2.87. The fraction of sp³-hybridized carbons (Fsp3) is 0.250. The molecule has 0 aromatic carbocycles. The summed E-state index contributed by atoms with van der Waals surface area (Å²) in [6.45, 7) is 2.01. The standard InChI is InChI=1S/C8H9N5OS/c1-2-5-3-7(12-11-5)10-8(14)6-4-9-13-15-6/h3-4H,2H2,1H3,(H2,10,11,12,14). The number of aromatic nitrogens is 4. The maximum Gasteiger partial charge on any atom is 0.270 e. The van der Waals surface area contributed by atoms with Crippen molar-refractivity contribution in [1.82, 2.24) is 19.8 Å². The van der Waals surface area contributed by atoms with Gasteiger partial charge in [0.1, 0.15) is 4.88 Å². The minimum absolute atomic E-state index is 0.237. The third kappa shape index (κ3) is 2.18. The fourth-order valence-electron chi connectivity index (χ4n) is 1.05. The molecule has 7 heteroatoms. The van der Waals surface area contributed by atoms with E-state index in [1.165, 1.54) is 6.20 Å². The monoisotopic (exact) mass is 223 g/mol. The Balaban J connectivity index is 2.06. The predicted octanol–water partition coefficient (Wildman–Crippen LogP) is 1.08. The number of carbonyl (C=O) groups excluding carboxylic acids is 1. The molecule has 0 radical (unpaired) electrons. The Hall–Kier alpha value is -1.76. The van der Waals surface area contributed by atoms with Gasteiger partial charge in [0, 0.05) is 11.8 Å². The summed E-state index contributed by atoms with van der Waals surface area (Å²) in [5, 5.41) is 13.0. The van der Waals surface area contributed by atoms with Crippen molar-refractivity contribution in [1.29, 1.82) is 0 Å². The van der Waals surface area contributed by atoms with Crippen LogP contribution in [-0.2, 0) is 6.42 Å². The van der Waals surface area contributed by atoms with E-state index in [2.05, 4.69) is 25.1 Å². The van der Waals surface area contributed by atoms with Crippen LogP contribution < -0.4 is 5.32 Å². The van der Waals surface area contributed by atoms with E-state index in [1.54, 1.807) is 6.07 Å². The van der Waals surface area contributed by atoms with Gasteiger partial charge in [-0.05, 0) is 18.0 Å². The highest BCUT2D eigenvalue weighted by molar-refractivity contribution is 7.07. The Morgan fingerprint density at radius 1 is 1.67 bits per heavy atom. The van der Waals surface area contributed by atoms with Crippen LogP contribution in [0.1, 0.15) is 22.3 Å². The lowest BCUT2D eigenvalue weighted by Gasteiger charge is -1.95. The number of carbonyl (C=O) groups is 1. The Bertz CT molecular complexity index is 449. The van der Waals surface area contributed by atoms with Gasteiger partial charge in [0.25, 0.3) is 5.91 Å². The van der Waals surface area contributed by atoms with Gasteiger partial charge in [-0.3, -0.25) is 9.89 Å². The first-order valence-electron chi connectivity index (χ1n) is 4.42. The Labute approximate surface area is 89.9 Å². The lowest BCUT2D eigenvalue weighted by Crippen LogP contribution is -2.10. The molecule has 1 amide bonds. The van der Waals surface area contributed by atoms with Crippen molar-refractivity contribution >= 4 is 23.3 Å². The number of rotatable bonds is 3. The van der Waals surface area contributed by atoms with Crippen molar-refractivity contribution in [2.45, 2.75) is 13.3 Å². The summed E-state index contributed by atoms with van der Waals surface area (Å²) in [4.78, 5) is 12.0. The molecule has 0 bridgehead atoms. The third-order valence-corrected chi connectivity index (χ3v) is 2.50. The number of aromatic amines is 1. The Morgan fingerprint density at radius 2 is 2.53 bits per heavy atom. The molecule has 2 aromatic rings. The molecule has 2 N–H and O–H groups in total. The van der Waals surface area contributed by atoms with Gasteiger partial charge in [0.15, 0.2) is 5.82 Å². The molecule has 2 aromatic heterocycles. The average molecular weight is 223 g/mol. The van der Waals surface area contributed by atoms with Crippen LogP contribution in [0.2, 0.25) is 0 Å². The van der Waals surface area contributed by atoms with Gasteiger partial charge in [-0.2, -0.15) is 5.10 Å². The van der Waals surface area contributed by atoms with Crippen LogP contribution in [0.3, 0.4) is 0 Å². The van der Waals surface area contributed by atoms with Gasteiger partial charge in [0.05, 0.1) is 6.20 Å². The summed E-state index contributed by atoms with van der Waals surface area (Å²) in [7, 11) is 0. The summed E-state index contributed by atoms with van der Waals surface area (Å²) in [6, 6.07) is 1.80. The molecule has 0 spiro atoms. The number of aryl methyl sites for hydroxylation is 1. The smallest absolute Gasteiger partial charge is 0.270 e. The number of amides is 1. The first-order chi connectivity index (χ1) is 7.29. The molecule has 2 rings (SSSR count). The summed E-state index contributed by atoms with van der Waals surface area (Å²) < 4.78 is 3.61. The van der Waals surface area contributed by atoms with Crippen molar-refractivity contribution < 1.29 is 4.79 Å². The van der Waals surface area contributed by atoms with Crippen LogP contribution in [0, 0.1) is 0 Å². The molecule has 0 unspecified atom stereocenters. The second-order valence-corrected chi connectivity index (χ2v) is 3.65. The van der Waals surface area contributed by atoms with Crippen LogP contribution in [-0.4, -0.2) is 25.7 Å². The highest BCUT2D eigenvalue weighted by Gasteiger charge is 2.10. The average Bonchev–Trinajstić information content (AvgIpc) is 2.87. The number of H-pyrrole nitrogens is 1. The number of nitrogens with zero attached hydrogens (tertiary/aromatic N) is 3. The van der Waals surface area contributed by atoms with Gasteiger partial charge in [-0.1, -0.05) is 11.4 Å². The van der Waals surface area contributed by atoms with Crippen LogP contribution >= 0.6 is 11.5 Å². The maximum absolute atomic E-state index is 11.5. The van der Waals surface area contributed by atoms with Crippen LogP contribution in [0.15, 0.2) is 12.3 Å². The van der Waals surface area contributed by atoms with Crippen molar-refractivity contribution in [2.24, 2.45) is 0 Å². The van der Waals surface area contributed by atoms with Crippen molar-refractivity contribution in [3.05, 3.63) is 22.8 Å². The minimum atomic E-state index is -0.237. The molecule has 6 nitrogen and oxygen atoms in total. The molecule has 0 aliphatic heterocycles. The second kappa shape index (κ2) is 4.18. The maximum atomic E-state index is 11.5. The molecule has 0 aliphatic rings. The first-order valence-corrected chi connectivity index (χ1v) is 5.20. The van der Waals surface area contributed by atoms with E-state index in [9.17, 15) is 4.79 Å². The van der Waals surface area contributed by atoms with Gasteiger partial charge >= 0.3 is 0 Å². The summed E-state index contributed by atoms with van der Waals surface area (Å²) in [5.74, 6) is 0.282. The van der Waals surface area contributed by atoms with E-state index >= 15 is 0 Å². The lowest BCUT2D eigenvalue weighted by molar-refractivity contribution is 0.103. The summed E-state index contributed by atoms with van der Waals surface area (Å²) >= 11 is 1.05. The normalized spacial score (nSPS) is 10.2. The van der Waals surface area contributed by atoms with Crippen molar-refractivity contribution in [2.75, 3.05) is 5.32 Å². The molecule has 0 aliphatic carbocycles. The molecule has 0 fully saturated rings. The molecule has 0 atom stereocenters. The van der Waals surface area contributed by atoms with Crippen LogP contribution in [0.5, 0.6) is 0 Å². The fourth-order valence-corrected chi connectivity index (χ4v) is 1.46. The number of nitrogens with one attached hydrogen (secondary N) is 2. The Morgan fingerprint density at radius 3 is 3.13 bits per heavy atom. The summed E-state index contributed by atoms with van der Waals surface area (Å²) in [6.07, 6.45) is 2.28. The lowest BCUT2D eigenvalue weighted by atomic mass is 10.3. The number of hydrogen-bond donors (Lipinski definition) is 2. The van der Waals surface area contributed by atoms with E-state index in [4.69, 9.17) is 0 Å². The van der Waals surface area contributed by atoms with Gasteiger partial charge in [-0.25, -0.2) is 0 Å². The topological polar surface area (TPSA) is 83.6 Å². The number of anilines is 1. The molecule has 15 heavy (non-hydrogen) atoms. The highest BCUT2D eigenvalue weighted by Crippen LogP contribution is 2.09. The van der Waals surface area contributed by atoms with Crippen molar-refractivity contribution in [3.8, 4) is 0 Å². The van der Waals surface area contributed by atoms with Gasteiger partial charge < -0.3 is 5.32 Å². The Kier molecular flexibility index (Phi) is 2.72. The number of hydrogen-bond acceptors (Lipinski definition) is 5. The van der Waals surface area contributed by atoms with E-state index in [1.807, 2.05) is 6.92 Å². The first kappa shape index (κ1) is 9.78. The van der Waals surface area contributed by atoms with E-state index in [0.717, 1.165) is 23.6 Å². The summed E-state index contributed by atoms with van der Waals surface area (Å²) in [5.41, 5.74) is 0.979. The molecular formula is C8H9N5OS. The van der Waals surface area contributed by atoms with Crippen molar-refractivity contribution in [3.63, 3.8) is 0 Å². The van der Waals surface area contributed by atoms with Crippen LogP contribution in [0.4, 0.5) is 5.82 Å². The van der Waals surface area contributed by atoms with E-state index < -0.39 is 0 Å². The largest absolute Gasteiger partial charge is 0.304 e. The minimum Gasteiger partial charge on any atom is -0.304 e. The van der Waals surface area contributed by atoms with Gasteiger partial charge in [-0.15, -0.1) is 5.10 Å². The van der Waals surface area contributed by atoms with Crippen LogP contribution in [0.25, 0.3) is 0 Å². The third-order valence-electron chi connectivity index (χ3n) is 1.84. The molecule has 0 saturated carbocycles. The quantitative estimate of drug-likeness (QED) is 0.815. The molecular weight excluding hydrogens is 214 g/mol. The zero-order valence-electron chi connectivity index (χ0n) is 8.02. The molecule has 2 heterocycles. The highest BCUT2D eigenvalue weighted by atomic mass is 32.1. The molecule has 0 saturated heterocycles. The van der Waals surface area contributed by atoms with E-state index in [-0.39, 0.29) is 5.91 Å². The molecule has 78 valence electrons. The zero-order valence-corrected chi connectivity index (χ0v) is 8.84. The van der Waals surface area contributed by atoms with Gasteiger partial charge in [0.2, 0.25) is 0 Å². The van der Waals surface area contributed by atoms with E-state index in [0.29, 0.717) is 10.7 Å². The predicted molar refractivity (Wildman–Crippen MR) is 55.8 cm³/mol. The SMILES string of the molecule is CCc1cc(NC(=O)c2cnns2)n[nH]1. The zero-order chi connectivity index (χ0) is 10.7.